The second kappa shape index (κ2) is 5.38. The Kier molecular flexibility index (Phi) is 4.08. The number of nitrogens with one attached hydrogen (secondary N) is 1. The zero-order chi connectivity index (χ0) is 12.3. The molecule has 0 radical (unpaired) electrons. The zero-order valence-corrected chi connectivity index (χ0v) is 11.3. The largest absolute Gasteiger partial charge is 0.345 e. The Morgan fingerprint density at radius 2 is 2.06 bits per heavy atom. The molecule has 0 spiro atoms. The van der Waals surface area contributed by atoms with E-state index in [-0.39, 0.29) is 5.41 Å². The summed E-state index contributed by atoms with van der Waals surface area (Å²) in [4.78, 5) is 14.4. The predicted octanol–water partition coefficient (Wildman–Crippen LogP) is 2.02. The summed E-state index contributed by atoms with van der Waals surface area (Å²) in [5.41, 5.74) is -0.0587. The second-order valence-electron chi connectivity index (χ2n) is 6.17. The average molecular weight is 238 g/mol. The third kappa shape index (κ3) is 3.01. The van der Waals surface area contributed by atoms with Crippen LogP contribution in [0.25, 0.3) is 0 Å². The van der Waals surface area contributed by atoms with Crippen LogP contribution in [0, 0.1) is 11.3 Å². The molecule has 1 amide bonds. The summed E-state index contributed by atoms with van der Waals surface area (Å²) in [6.07, 6.45) is 7.13. The van der Waals surface area contributed by atoms with E-state index in [0.717, 1.165) is 32.5 Å². The fourth-order valence-electron chi connectivity index (χ4n) is 3.38. The number of carbonyl (C=O) groups is 1. The molecule has 0 bridgehead atoms. The highest BCUT2D eigenvalue weighted by molar-refractivity contribution is 5.82. The maximum atomic E-state index is 12.4. The molecule has 0 aromatic heterocycles. The van der Waals surface area contributed by atoms with E-state index >= 15 is 0 Å². The predicted molar refractivity (Wildman–Crippen MR) is 69.8 cm³/mol. The van der Waals surface area contributed by atoms with Gasteiger partial charge in [0.15, 0.2) is 0 Å². The van der Waals surface area contributed by atoms with Gasteiger partial charge in [0.1, 0.15) is 0 Å². The van der Waals surface area contributed by atoms with E-state index in [2.05, 4.69) is 12.2 Å². The van der Waals surface area contributed by atoms with Crippen molar-refractivity contribution in [1.29, 1.82) is 0 Å². The van der Waals surface area contributed by atoms with Gasteiger partial charge in [-0.05, 0) is 44.7 Å². The maximum absolute atomic E-state index is 12.4. The van der Waals surface area contributed by atoms with Crippen molar-refractivity contribution in [2.45, 2.75) is 45.4 Å². The highest BCUT2D eigenvalue weighted by Gasteiger charge is 2.38. The van der Waals surface area contributed by atoms with Crippen LogP contribution < -0.4 is 5.32 Å². The Morgan fingerprint density at radius 1 is 1.35 bits per heavy atom. The number of rotatable bonds is 3. The van der Waals surface area contributed by atoms with E-state index in [0.29, 0.717) is 11.8 Å². The van der Waals surface area contributed by atoms with Gasteiger partial charge < -0.3 is 10.2 Å². The molecule has 3 heteroatoms. The molecule has 0 aromatic rings. The van der Waals surface area contributed by atoms with E-state index in [1.165, 1.54) is 25.7 Å². The molecule has 1 N–H and O–H groups in total. The van der Waals surface area contributed by atoms with E-state index in [1.807, 2.05) is 11.9 Å². The van der Waals surface area contributed by atoms with Crippen LogP contribution >= 0.6 is 0 Å². The minimum absolute atomic E-state index is 0.0587. The van der Waals surface area contributed by atoms with Crippen LogP contribution in [0.1, 0.15) is 45.4 Å². The van der Waals surface area contributed by atoms with Crippen LogP contribution in [0.2, 0.25) is 0 Å². The summed E-state index contributed by atoms with van der Waals surface area (Å²) < 4.78 is 0. The van der Waals surface area contributed by atoms with Crippen LogP contribution in [0.3, 0.4) is 0 Å². The summed E-state index contributed by atoms with van der Waals surface area (Å²) in [6, 6.07) is 0. The average Bonchev–Trinajstić information content (AvgIpc) is 2.78. The normalized spacial score (nSPS) is 28.0. The standard InChI is InChI=1S/C14H26N2O/c1-14(7-3-4-8-14)13(17)16(2)11-12-6-5-9-15-10-12/h12,15H,3-11H2,1-2H3. The molecule has 3 nitrogen and oxygen atoms in total. The number of carbonyl (C=O) groups excluding carboxylic acids is 1. The van der Waals surface area contributed by atoms with Gasteiger partial charge in [0, 0.05) is 19.0 Å². The fraction of sp³-hybridized carbons (Fsp3) is 0.929. The van der Waals surface area contributed by atoms with Crippen molar-refractivity contribution in [3.8, 4) is 0 Å². The Morgan fingerprint density at radius 3 is 2.65 bits per heavy atom. The van der Waals surface area contributed by atoms with E-state index in [1.54, 1.807) is 0 Å². The summed E-state index contributed by atoms with van der Waals surface area (Å²) in [5, 5.41) is 3.42. The molecular formula is C14H26N2O. The third-order valence-corrected chi connectivity index (χ3v) is 4.50. The number of hydrogen-bond donors (Lipinski definition) is 1. The van der Waals surface area contributed by atoms with Gasteiger partial charge in [-0.25, -0.2) is 0 Å². The van der Waals surface area contributed by atoms with E-state index in [4.69, 9.17) is 0 Å². The third-order valence-electron chi connectivity index (χ3n) is 4.50. The number of piperidine rings is 1. The minimum atomic E-state index is -0.0587. The molecule has 1 saturated heterocycles. The zero-order valence-electron chi connectivity index (χ0n) is 11.3. The lowest BCUT2D eigenvalue weighted by atomic mass is 9.86. The quantitative estimate of drug-likeness (QED) is 0.816. The summed E-state index contributed by atoms with van der Waals surface area (Å²) >= 11 is 0. The lowest BCUT2D eigenvalue weighted by Crippen LogP contribution is -2.44. The highest BCUT2D eigenvalue weighted by Crippen LogP contribution is 2.39. The van der Waals surface area contributed by atoms with Gasteiger partial charge >= 0.3 is 0 Å². The van der Waals surface area contributed by atoms with Gasteiger partial charge in [0.2, 0.25) is 5.91 Å². The molecule has 1 unspecified atom stereocenters. The van der Waals surface area contributed by atoms with Crippen LogP contribution in [0.15, 0.2) is 0 Å². The first-order valence-electron chi connectivity index (χ1n) is 7.08. The lowest BCUT2D eigenvalue weighted by Gasteiger charge is -2.33. The van der Waals surface area contributed by atoms with Crippen molar-refractivity contribution in [3.05, 3.63) is 0 Å². The Bertz CT molecular complexity index is 265. The van der Waals surface area contributed by atoms with Crippen LogP contribution in [-0.2, 0) is 4.79 Å². The van der Waals surface area contributed by atoms with Crippen molar-refractivity contribution in [3.63, 3.8) is 0 Å². The Hall–Kier alpha value is -0.570. The van der Waals surface area contributed by atoms with Gasteiger partial charge in [0.25, 0.3) is 0 Å². The van der Waals surface area contributed by atoms with Crippen molar-refractivity contribution >= 4 is 5.91 Å². The van der Waals surface area contributed by atoms with Crippen LogP contribution in [0.5, 0.6) is 0 Å². The number of nitrogens with zero attached hydrogens (tertiary/aromatic N) is 1. The lowest BCUT2D eigenvalue weighted by molar-refractivity contribution is -0.140. The van der Waals surface area contributed by atoms with Crippen molar-refractivity contribution < 1.29 is 4.79 Å². The van der Waals surface area contributed by atoms with Gasteiger partial charge in [-0.2, -0.15) is 0 Å². The van der Waals surface area contributed by atoms with Gasteiger partial charge in [-0.15, -0.1) is 0 Å². The number of hydrogen-bond acceptors (Lipinski definition) is 2. The molecule has 1 heterocycles. The van der Waals surface area contributed by atoms with Crippen LogP contribution in [-0.4, -0.2) is 37.5 Å². The van der Waals surface area contributed by atoms with Gasteiger partial charge in [-0.1, -0.05) is 19.8 Å². The summed E-state index contributed by atoms with van der Waals surface area (Å²) in [7, 11) is 1.99. The molecule has 98 valence electrons. The maximum Gasteiger partial charge on any atom is 0.228 e. The van der Waals surface area contributed by atoms with Crippen molar-refractivity contribution in [1.82, 2.24) is 10.2 Å². The molecule has 0 aromatic carbocycles. The second-order valence-corrected chi connectivity index (χ2v) is 6.17. The molecule has 2 rings (SSSR count). The Labute approximate surface area is 105 Å². The van der Waals surface area contributed by atoms with Gasteiger partial charge in [-0.3, -0.25) is 4.79 Å². The molecule has 2 aliphatic rings. The monoisotopic (exact) mass is 238 g/mol. The molecule has 1 atom stereocenters. The van der Waals surface area contributed by atoms with Crippen LogP contribution in [0.4, 0.5) is 0 Å². The van der Waals surface area contributed by atoms with Crippen molar-refractivity contribution in [2.24, 2.45) is 11.3 Å². The molecular weight excluding hydrogens is 212 g/mol. The summed E-state index contributed by atoms with van der Waals surface area (Å²) in [5.74, 6) is 1.03. The molecule has 17 heavy (non-hydrogen) atoms. The first-order valence-corrected chi connectivity index (χ1v) is 7.08. The van der Waals surface area contributed by atoms with Crippen molar-refractivity contribution in [2.75, 3.05) is 26.7 Å². The van der Waals surface area contributed by atoms with E-state index in [9.17, 15) is 4.79 Å². The first-order chi connectivity index (χ1) is 8.12. The first kappa shape index (κ1) is 12.9. The molecule has 1 aliphatic carbocycles. The minimum Gasteiger partial charge on any atom is -0.345 e. The van der Waals surface area contributed by atoms with E-state index < -0.39 is 0 Å². The smallest absolute Gasteiger partial charge is 0.228 e. The topological polar surface area (TPSA) is 32.3 Å². The Balaban J connectivity index is 1.85. The van der Waals surface area contributed by atoms with Gasteiger partial charge in [0.05, 0.1) is 0 Å². The molecule has 1 saturated carbocycles. The SMILES string of the molecule is CN(CC1CCCNC1)C(=O)C1(C)CCCC1. The number of amides is 1. The summed E-state index contributed by atoms with van der Waals surface area (Å²) in [6.45, 7) is 5.31. The highest BCUT2D eigenvalue weighted by atomic mass is 16.2. The molecule has 2 fully saturated rings. The molecule has 1 aliphatic heterocycles. The fourth-order valence-corrected chi connectivity index (χ4v) is 3.38.